The molecule has 1 aromatic carbocycles. The van der Waals surface area contributed by atoms with Crippen molar-refractivity contribution >= 4 is 0 Å². The monoisotopic (exact) mass is 270 g/mol. The molecule has 1 heterocycles. The molecule has 4 nitrogen and oxygen atoms in total. The van der Waals surface area contributed by atoms with Gasteiger partial charge in [-0.05, 0) is 43.5 Å². The summed E-state index contributed by atoms with van der Waals surface area (Å²) in [7, 11) is 0. The molecule has 0 bridgehead atoms. The number of aromatic nitrogens is 3. The van der Waals surface area contributed by atoms with E-state index in [4.69, 9.17) is 5.73 Å². The highest BCUT2D eigenvalue weighted by Gasteiger charge is 2.10. The maximum atomic E-state index is 5.59. The minimum absolute atomic E-state index is 0.487. The lowest BCUT2D eigenvalue weighted by Gasteiger charge is -2.11. The molecule has 0 saturated carbocycles. The van der Waals surface area contributed by atoms with Crippen molar-refractivity contribution in [3.8, 4) is 11.4 Å². The van der Waals surface area contributed by atoms with Crippen LogP contribution in [-0.2, 0) is 6.42 Å². The van der Waals surface area contributed by atoms with Crippen molar-refractivity contribution < 1.29 is 0 Å². The number of hydrogen-bond donors (Lipinski definition) is 1. The van der Waals surface area contributed by atoms with Crippen LogP contribution in [0.3, 0.4) is 0 Å². The van der Waals surface area contributed by atoms with Crippen molar-refractivity contribution in [2.24, 2.45) is 5.73 Å². The van der Waals surface area contributed by atoms with Crippen LogP contribution in [0.15, 0.2) is 18.2 Å². The van der Waals surface area contributed by atoms with E-state index in [1.54, 1.807) is 0 Å². The van der Waals surface area contributed by atoms with E-state index >= 15 is 0 Å². The maximum absolute atomic E-state index is 5.59. The zero-order chi connectivity index (χ0) is 14.7. The van der Waals surface area contributed by atoms with Gasteiger partial charge in [0.1, 0.15) is 11.6 Å². The van der Waals surface area contributed by atoms with Crippen molar-refractivity contribution in [3.05, 3.63) is 41.0 Å². The number of hydrogen-bond acceptors (Lipinski definition) is 4. The Labute approximate surface area is 120 Å². The van der Waals surface area contributed by atoms with E-state index < -0.39 is 0 Å². The first-order valence-electron chi connectivity index (χ1n) is 7.03. The fourth-order valence-corrected chi connectivity index (χ4v) is 2.14. The molecule has 0 aliphatic heterocycles. The van der Waals surface area contributed by atoms with Gasteiger partial charge in [0.05, 0.1) is 0 Å². The van der Waals surface area contributed by atoms with Crippen molar-refractivity contribution in [2.75, 3.05) is 6.54 Å². The van der Waals surface area contributed by atoms with E-state index in [1.165, 1.54) is 11.1 Å². The Morgan fingerprint density at radius 2 is 1.85 bits per heavy atom. The second-order valence-electron chi connectivity index (χ2n) is 5.39. The lowest BCUT2D eigenvalue weighted by Crippen LogP contribution is -2.09. The summed E-state index contributed by atoms with van der Waals surface area (Å²) in [5.41, 5.74) is 9.15. The van der Waals surface area contributed by atoms with Gasteiger partial charge in [0.25, 0.3) is 0 Å². The van der Waals surface area contributed by atoms with Crippen molar-refractivity contribution in [1.29, 1.82) is 0 Å². The molecular weight excluding hydrogens is 248 g/mol. The van der Waals surface area contributed by atoms with Gasteiger partial charge >= 0.3 is 0 Å². The Kier molecular flexibility index (Phi) is 4.45. The molecule has 0 aliphatic carbocycles. The predicted octanol–water partition coefficient (Wildman–Crippen LogP) is 2.78. The average Bonchev–Trinajstić information content (AvgIpc) is 2.38. The first-order valence-corrected chi connectivity index (χ1v) is 7.03. The van der Waals surface area contributed by atoms with Gasteiger partial charge in [-0.25, -0.2) is 15.0 Å². The summed E-state index contributed by atoms with van der Waals surface area (Å²) in [6, 6.07) is 6.48. The molecule has 0 amide bonds. The third-order valence-corrected chi connectivity index (χ3v) is 3.33. The largest absolute Gasteiger partial charge is 0.330 e. The molecular formula is C16H22N4. The highest BCUT2D eigenvalue weighted by molar-refractivity contribution is 5.61. The Morgan fingerprint density at radius 1 is 1.10 bits per heavy atom. The van der Waals surface area contributed by atoms with E-state index in [9.17, 15) is 0 Å². The summed E-state index contributed by atoms with van der Waals surface area (Å²) < 4.78 is 0. The molecule has 0 aliphatic rings. The topological polar surface area (TPSA) is 64.7 Å². The standard InChI is InChI=1S/C16H22N4/c1-10(2)13-6-5-11(3)14(9-13)16-19-12(4)18-15(20-16)7-8-17/h5-6,9-10H,7-8,17H2,1-4H3. The summed E-state index contributed by atoms with van der Waals surface area (Å²) in [6.07, 6.45) is 0.680. The molecule has 2 N–H and O–H groups in total. The third-order valence-electron chi connectivity index (χ3n) is 3.33. The van der Waals surface area contributed by atoms with Gasteiger partial charge in [-0.2, -0.15) is 0 Å². The molecule has 4 heteroatoms. The minimum atomic E-state index is 0.487. The molecule has 0 fully saturated rings. The van der Waals surface area contributed by atoms with Gasteiger partial charge in [0, 0.05) is 12.0 Å². The highest BCUT2D eigenvalue weighted by Crippen LogP contribution is 2.25. The second kappa shape index (κ2) is 6.09. The number of nitrogens with zero attached hydrogens (tertiary/aromatic N) is 3. The zero-order valence-corrected chi connectivity index (χ0v) is 12.6. The Morgan fingerprint density at radius 3 is 2.50 bits per heavy atom. The van der Waals surface area contributed by atoms with E-state index in [2.05, 4.69) is 53.9 Å². The van der Waals surface area contributed by atoms with E-state index in [1.807, 2.05) is 6.92 Å². The smallest absolute Gasteiger partial charge is 0.163 e. The summed E-state index contributed by atoms with van der Waals surface area (Å²) in [5.74, 6) is 2.75. The first kappa shape index (κ1) is 14.6. The molecule has 0 atom stereocenters. The van der Waals surface area contributed by atoms with Crippen LogP contribution in [-0.4, -0.2) is 21.5 Å². The Bertz CT molecular complexity index is 605. The van der Waals surface area contributed by atoms with Crippen LogP contribution in [0.25, 0.3) is 11.4 Å². The van der Waals surface area contributed by atoms with E-state index in [-0.39, 0.29) is 0 Å². The second-order valence-corrected chi connectivity index (χ2v) is 5.39. The molecule has 106 valence electrons. The minimum Gasteiger partial charge on any atom is -0.330 e. The van der Waals surface area contributed by atoms with E-state index in [0.29, 0.717) is 18.9 Å². The molecule has 0 radical (unpaired) electrons. The van der Waals surface area contributed by atoms with Crippen LogP contribution in [0.2, 0.25) is 0 Å². The zero-order valence-electron chi connectivity index (χ0n) is 12.6. The lowest BCUT2D eigenvalue weighted by molar-refractivity contribution is 0.825. The average molecular weight is 270 g/mol. The maximum Gasteiger partial charge on any atom is 0.163 e. The third kappa shape index (κ3) is 3.20. The fraction of sp³-hybridized carbons (Fsp3) is 0.438. The SMILES string of the molecule is Cc1nc(CCN)nc(-c2cc(C(C)C)ccc2C)n1. The van der Waals surface area contributed by atoms with Crippen LogP contribution >= 0.6 is 0 Å². The molecule has 0 spiro atoms. The van der Waals surface area contributed by atoms with Gasteiger partial charge in [0.15, 0.2) is 5.82 Å². The molecule has 0 unspecified atom stereocenters. The normalized spacial score (nSPS) is 11.1. The first-order chi connectivity index (χ1) is 9.51. The Balaban J connectivity index is 2.52. The van der Waals surface area contributed by atoms with Gasteiger partial charge in [-0.1, -0.05) is 26.0 Å². The van der Waals surface area contributed by atoms with Crippen LogP contribution in [0, 0.1) is 13.8 Å². The number of aryl methyl sites for hydroxylation is 2. The quantitative estimate of drug-likeness (QED) is 0.927. The fourth-order valence-electron chi connectivity index (χ4n) is 2.14. The number of rotatable bonds is 4. The van der Waals surface area contributed by atoms with Crippen LogP contribution in [0.1, 0.15) is 42.5 Å². The van der Waals surface area contributed by atoms with Gasteiger partial charge in [0.2, 0.25) is 0 Å². The number of benzene rings is 1. The molecule has 0 saturated heterocycles. The van der Waals surface area contributed by atoms with Crippen LogP contribution in [0.4, 0.5) is 0 Å². The van der Waals surface area contributed by atoms with Crippen molar-refractivity contribution in [3.63, 3.8) is 0 Å². The Hall–Kier alpha value is -1.81. The van der Waals surface area contributed by atoms with Gasteiger partial charge in [-0.15, -0.1) is 0 Å². The molecule has 1 aromatic heterocycles. The summed E-state index contributed by atoms with van der Waals surface area (Å²) in [5, 5.41) is 0. The van der Waals surface area contributed by atoms with Gasteiger partial charge < -0.3 is 5.73 Å². The van der Waals surface area contributed by atoms with Gasteiger partial charge in [-0.3, -0.25) is 0 Å². The molecule has 20 heavy (non-hydrogen) atoms. The molecule has 2 aromatic rings. The summed E-state index contributed by atoms with van der Waals surface area (Å²) in [6.45, 7) is 8.90. The van der Waals surface area contributed by atoms with Crippen LogP contribution < -0.4 is 5.73 Å². The summed E-state index contributed by atoms with van der Waals surface area (Å²) >= 11 is 0. The molecule has 2 rings (SSSR count). The predicted molar refractivity (Wildman–Crippen MR) is 81.6 cm³/mol. The highest BCUT2D eigenvalue weighted by atomic mass is 15.0. The lowest BCUT2D eigenvalue weighted by atomic mass is 9.97. The van der Waals surface area contributed by atoms with Crippen molar-refractivity contribution in [1.82, 2.24) is 15.0 Å². The summed E-state index contributed by atoms with van der Waals surface area (Å²) in [4.78, 5) is 13.4. The number of nitrogens with two attached hydrogens (primary N) is 1. The van der Waals surface area contributed by atoms with Crippen molar-refractivity contribution in [2.45, 2.75) is 40.0 Å². The van der Waals surface area contributed by atoms with E-state index in [0.717, 1.165) is 23.0 Å². The van der Waals surface area contributed by atoms with Crippen LogP contribution in [0.5, 0.6) is 0 Å².